The van der Waals surface area contributed by atoms with Crippen molar-refractivity contribution in [1.29, 1.82) is 0 Å². The second-order valence-electron chi connectivity index (χ2n) is 7.55. The minimum absolute atomic E-state index is 0.606. The number of hydrogen-bond acceptors (Lipinski definition) is 1. The van der Waals surface area contributed by atoms with E-state index >= 15 is 0 Å². The van der Waals surface area contributed by atoms with Crippen molar-refractivity contribution in [2.75, 3.05) is 64.9 Å². The highest BCUT2D eigenvalue weighted by molar-refractivity contribution is 7.85. The summed E-state index contributed by atoms with van der Waals surface area (Å²) >= 11 is 0. The van der Waals surface area contributed by atoms with Crippen LogP contribution in [-0.4, -0.2) is 78.0 Å². The Morgan fingerprint density at radius 2 is 1.05 bits per heavy atom. The van der Waals surface area contributed by atoms with Crippen molar-refractivity contribution < 1.29 is 13.2 Å². The minimum atomic E-state index is -0.606. The molecule has 3 nitrogen and oxygen atoms in total. The highest BCUT2D eigenvalue weighted by Crippen LogP contribution is 2.17. The molecular weight excluding hydrogens is 268 g/mol. The molecule has 0 saturated carbocycles. The highest BCUT2D eigenvalue weighted by atomic mass is 32.2. The Morgan fingerprint density at radius 3 is 1.40 bits per heavy atom. The van der Waals surface area contributed by atoms with Crippen LogP contribution in [0.2, 0.25) is 0 Å². The van der Waals surface area contributed by atoms with E-state index < -0.39 is 10.8 Å². The van der Waals surface area contributed by atoms with Gasteiger partial charge in [0, 0.05) is 10.8 Å². The smallest absolute Gasteiger partial charge is 0.0901 e. The molecule has 4 heteroatoms. The lowest BCUT2D eigenvalue weighted by Crippen LogP contribution is -2.51. The van der Waals surface area contributed by atoms with Crippen molar-refractivity contribution in [3.8, 4) is 0 Å². The Labute approximate surface area is 128 Å². The molecule has 0 unspecified atom stereocenters. The second kappa shape index (κ2) is 7.37. The van der Waals surface area contributed by atoms with Crippen LogP contribution in [-0.2, 0) is 10.8 Å². The number of piperidine rings is 2. The summed E-state index contributed by atoms with van der Waals surface area (Å²) in [6, 6.07) is 0. The van der Waals surface area contributed by atoms with Crippen LogP contribution in [0.3, 0.4) is 0 Å². The van der Waals surface area contributed by atoms with Gasteiger partial charge in [0.25, 0.3) is 0 Å². The van der Waals surface area contributed by atoms with Crippen molar-refractivity contribution >= 4 is 10.8 Å². The first-order chi connectivity index (χ1) is 9.52. The number of rotatable bonds is 6. The highest BCUT2D eigenvalue weighted by Gasteiger charge is 2.27. The van der Waals surface area contributed by atoms with Crippen LogP contribution in [0.25, 0.3) is 0 Å². The van der Waals surface area contributed by atoms with E-state index in [4.69, 9.17) is 0 Å². The van der Waals surface area contributed by atoms with E-state index in [1.54, 1.807) is 0 Å². The molecule has 2 aliphatic rings. The normalized spacial score (nSPS) is 25.8. The number of quaternary nitrogens is 2. The van der Waals surface area contributed by atoms with E-state index in [-0.39, 0.29) is 0 Å². The van der Waals surface area contributed by atoms with Gasteiger partial charge in [-0.05, 0) is 38.5 Å². The molecule has 118 valence electrons. The number of hydrogen-bond donors (Lipinski definition) is 0. The Morgan fingerprint density at radius 1 is 0.700 bits per heavy atom. The summed E-state index contributed by atoms with van der Waals surface area (Å²) in [5.41, 5.74) is 0. The standard InChI is InChI=1S/C16H34N2OS/c1-17(9-5-3-6-10-17)13-15-20(19)16-14-18(2)11-7-4-8-12-18/h3-16H2,1-2H3/q+2. The van der Waals surface area contributed by atoms with Crippen molar-refractivity contribution in [2.24, 2.45) is 0 Å². The van der Waals surface area contributed by atoms with Gasteiger partial charge in [-0.25, -0.2) is 0 Å². The molecule has 0 aliphatic carbocycles. The van der Waals surface area contributed by atoms with E-state index in [1.165, 1.54) is 64.7 Å². The molecule has 2 aliphatic heterocycles. The zero-order chi connectivity index (χ0) is 14.5. The molecule has 0 aromatic heterocycles. The largest absolute Gasteiger partial charge is 0.325 e. The van der Waals surface area contributed by atoms with Gasteiger partial charge in [0.2, 0.25) is 0 Å². The van der Waals surface area contributed by atoms with Gasteiger partial charge in [-0.2, -0.15) is 0 Å². The number of likely N-dealkylation sites (tertiary alicyclic amines) is 2. The quantitative estimate of drug-likeness (QED) is 0.686. The molecule has 20 heavy (non-hydrogen) atoms. The molecule has 2 rings (SSSR count). The van der Waals surface area contributed by atoms with Crippen molar-refractivity contribution in [1.82, 2.24) is 0 Å². The van der Waals surface area contributed by atoms with Crippen LogP contribution in [0.5, 0.6) is 0 Å². The van der Waals surface area contributed by atoms with E-state index in [0.29, 0.717) is 0 Å². The fourth-order valence-corrected chi connectivity index (χ4v) is 5.24. The monoisotopic (exact) mass is 302 g/mol. The first kappa shape index (κ1) is 16.4. The Kier molecular flexibility index (Phi) is 6.06. The Bertz CT molecular complexity index is 290. The van der Waals surface area contributed by atoms with Crippen LogP contribution in [0.1, 0.15) is 38.5 Å². The zero-order valence-electron chi connectivity index (χ0n) is 13.6. The van der Waals surface area contributed by atoms with Crippen LogP contribution in [0.4, 0.5) is 0 Å². The molecule has 0 spiro atoms. The lowest BCUT2D eigenvalue weighted by molar-refractivity contribution is -0.912. The molecule has 0 amide bonds. The summed E-state index contributed by atoms with van der Waals surface area (Å²) in [6.07, 6.45) is 8.23. The number of nitrogens with zero attached hydrogens (tertiary/aromatic N) is 2. The molecule has 0 bridgehead atoms. The van der Waals surface area contributed by atoms with Crippen LogP contribution in [0, 0.1) is 0 Å². The van der Waals surface area contributed by atoms with Gasteiger partial charge in [-0.1, -0.05) is 0 Å². The SMILES string of the molecule is C[N+]1(CCS(=O)CC[N+]2(C)CCCCC2)CCCCC1. The first-order valence-corrected chi connectivity index (χ1v) is 10.0. The van der Waals surface area contributed by atoms with E-state index in [9.17, 15) is 4.21 Å². The maximum atomic E-state index is 12.3. The molecule has 0 radical (unpaired) electrons. The summed E-state index contributed by atoms with van der Waals surface area (Å²) in [7, 11) is 4.11. The summed E-state index contributed by atoms with van der Waals surface area (Å²) < 4.78 is 14.6. The maximum absolute atomic E-state index is 12.3. The Balaban J connectivity index is 1.67. The molecule has 0 aromatic carbocycles. The zero-order valence-corrected chi connectivity index (χ0v) is 14.4. The molecule has 0 N–H and O–H groups in total. The van der Waals surface area contributed by atoms with E-state index in [2.05, 4.69) is 14.1 Å². The third-order valence-electron chi connectivity index (χ3n) is 5.51. The summed E-state index contributed by atoms with van der Waals surface area (Å²) in [6.45, 7) is 7.43. The van der Waals surface area contributed by atoms with Gasteiger partial charge in [-0.15, -0.1) is 0 Å². The third kappa shape index (κ3) is 5.12. The maximum Gasteiger partial charge on any atom is 0.0901 e. The van der Waals surface area contributed by atoms with Gasteiger partial charge in [0.05, 0.1) is 64.9 Å². The van der Waals surface area contributed by atoms with Crippen LogP contribution < -0.4 is 0 Å². The molecule has 0 atom stereocenters. The molecule has 2 fully saturated rings. The van der Waals surface area contributed by atoms with Crippen molar-refractivity contribution in [3.05, 3.63) is 0 Å². The third-order valence-corrected chi connectivity index (χ3v) is 6.79. The summed E-state index contributed by atoms with van der Waals surface area (Å²) in [4.78, 5) is 0. The lowest BCUT2D eigenvalue weighted by atomic mass is 10.1. The molecule has 2 heterocycles. The first-order valence-electron chi connectivity index (χ1n) is 8.54. The van der Waals surface area contributed by atoms with Crippen molar-refractivity contribution in [2.45, 2.75) is 38.5 Å². The molecule has 2 saturated heterocycles. The Hall–Kier alpha value is 0.0700. The predicted molar refractivity (Wildman–Crippen MR) is 87.1 cm³/mol. The van der Waals surface area contributed by atoms with Crippen LogP contribution in [0.15, 0.2) is 0 Å². The lowest BCUT2D eigenvalue weighted by Gasteiger charge is -2.38. The topological polar surface area (TPSA) is 17.1 Å². The van der Waals surface area contributed by atoms with Crippen molar-refractivity contribution in [3.63, 3.8) is 0 Å². The average Bonchev–Trinajstić information content (AvgIpc) is 2.45. The van der Waals surface area contributed by atoms with Gasteiger partial charge in [-0.3, -0.25) is 4.21 Å². The predicted octanol–water partition coefficient (Wildman–Crippen LogP) is 2.00. The fraction of sp³-hybridized carbons (Fsp3) is 1.00. The molecule has 0 aromatic rings. The minimum Gasteiger partial charge on any atom is -0.325 e. The average molecular weight is 303 g/mol. The fourth-order valence-electron chi connectivity index (χ4n) is 3.74. The molecular formula is C16H34N2OS+2. The second-order valence-corrected chi connectivity index (χ2v) is 9.25. The van der Waals surface area contributed by atoms with E-state index in [0.717, 1.165) is 33.6 Å². The van der Waals surface area contributed by atoms with Gasteiger partial charge >= 0.3 is 0 Å². The van der Waals surface area contributed by atoms with Crippen LogP contribution >= 0.6 is 0 Å². The van der Waals surface area contributed by atoms with Gasteiger partial charge in [0.1, 0.15) is 0 Å². The van der Waals surface area contributed by atoms with E-state index in [1.807, 2.05) is 0 Å². The van der Waals surface area contributed by atoms with Gasteiger partial charge < -0.3 is 8.97 Å². The summed E-state index contributed by atoms with van der Waals surface area (Å²) in [5, 5.41) is 0. The van der Waals surface area contributed by atoms with Gasteiger partial charge in [0.15, 0.2) is 0 Å². The summed E-state index contributed by atoms with van der Waals surface area (Å²) in [5.74, 6) is 1.83.